The number of fused-ring (bicyclic) bond motifs is 1. The predicted molar refractivity (Wildman–Crippen MR) is 127 cm³/mol. The molecular formula is C26H27N5O2. The number of hydrogen-bond donors (Lipinski definition) is 0. The van der Waals surface area contributed by atoms with E-state index in [1.165, 1.54) is 0 Å². The molecule has 0 saturated carbocycles. The lowest BCUT2D eigenvalue weighted by molar-refractivity contribution is 0.0991. The van der Waals surface area contributed by atoms with Crippen molar-refractivity contribution in [1.82, 2.24) is 24.6 Å². The van der Waals surface area contributed by atoms with Gasteiger partial charge in [0, 0.05) is 49.0 Å². The number of benzene rings is 1. The van der Waals surface area contributed by atoms with Gasteiger partial charge in [-0.2, -0.15) is 5.10 Å². The van der Waals surface area contributed by atoms with Crippen LogP contribution in [0.25, 0.3) is 22.2 Å². The molecule has 5 rings (SSSR count). The first kappa shape index (κ1) is 21.3. The fourth-order valence-corrected chi connectivity index (χ4v) is 4.15. The minimum absolute atomic E-state index is 0.0242. The SMILES string of the molecule is CN1CCC(Oc2ccc(C(=O)Cc3cc4nc(-c5cnn(C)c5)ccc4cn3)cc2)CC1. The summed E-state index contributed by atoms with van der Waals surface area (Å²) in [5.74, 6) is 0.841. The van der Waals surface area contributed by atoms with Crippen LogP contribution in [0.2, 0.25) is 0 Å². The van der Waals surface area contributed by atoms with Gasteiger partial charge in [-0.05, 0) is 62.4 Å². The Morgan fingerprint density at radius 3 is 2.58 bits per heavy atom. The predicted octanol–water partition coefficient (Wildman–Crippen LogP) is 3.93. The van der Waals surface area contributed by atoms with Gasteiger partial charge in [0.05, 0.1) is 29.5 Å². The Morgan fingerprint density at radius 2 is 1.85 bits per heavy atom. The van der Waals surface area contributed by atoms with Gasteiger partial charge in [-0.25, -0.2) is 4.98 Å². The number of likely N-dealkylation sites (tertiary alicyclic amines) is 1. The van der Waals surface area contributed by atoms with E-state index in [2.05, 4.69) is 22.0 Å². The van der Waals surface area contributed by atoms with Crippen LogP contribution in [-0.4, -0.2) is 56.7 Å². The Bertz CT molecular complexity index is 1270. The molecule has 168 valence electrons. The molecule has 7 heteroatoms. The van der Waals surface area contributed by atoms with Crippen molar-refractivity contribution in [2.75, 3.05) is 20.1 Å². The minimum atomic E-state index is 0.0242. The van der Waals surface area contributed by atoms with Crippen LogP contribution in [0.3, 0.4) is 0 Å². The zero-order valence-electron chi connectivity index (χ0n) is 18.9. The lowest BCUT2D eigenvalue weighted by Gasteiger charge is -2.29. The normalized spacial score (nSPS) is 15.1. The van der Waals surface area contributed by atoms with Crippen LogP contribution in [-0.2, 0) is 13.5 Å². The van der Waals surface area contributed by atoms with E-state index < -0.39 is 0 Å². The number of ether oxygens (including phenoxy) is 1. The fourth-order valence-electron chi connectivity index (χ4n) is 4.15. The number of piperidine rings is 1. The van der Waals surface area contributed by atoms with Gasteiger partial charge in [0.2, 0.25) is 0 Å². The number of pyridine rings is 2. The largest absolute Gasteiger partial charge is 0.490 e. The molecule has 4 heterocycles. The molecule has 0 N–H and O–H groups in total. The van der Waals surface area contributed by atoms with Crippen LogP contribution in [0, 0.1) is 0 Å². The third kappa shape index (κ3) is 4.93. The van der Waals surface area contributed by atoms with Crippen molar-refractivity contribution in [3.05, 3.63) is 72.3 Å². The molecule has 3 aromatic heterocycles. The standard InChI is InChI=1S/C26H27N5O2/c1-30-11-9-23(10-12-30)33-22-6-3-18(4-7-22)26(32)14-21-13-25-19(15-27-21)5-8-24(29-25)20-16-28-31(2)17-20/h3-8,13,15-17,23H,9-12,14H2,1-2H3. The summed E-state index contributed by atoms with van der Waals surface area (Å²) in [7, 11) is 4.02. The monoisotopic (exact) mass is 441 g/mol. The van der Waals surface area contributed by atoms with E-state index in [0.29, 0.717) is 11.3 Å². The Kier molecular flexibility index (Phi) is 5.88. The zero-order chi connectivity index (χ0) is 22.8. The molecule has 1 saturated heterocycles. The van der Waals surface area contributed by atoms with Crippen LogP contribution in [0.4, 0.5) is 0 Å². The van der Waals surface area contributed by atoms with Gasteiger partial charge in [0.1, 0.15) is 11.9 Å². The second-order valence-corrected chi connectivity index (χ2v) is 8.71. The molecule has 0 radical (unpaired) electrons. The second-order valence-electron chi connectivity index (χ2n) is 8.71. The Morgan fingerprint density at radius 1 is 1.06 bits per heavy atom. The summed E-state index contributed by atoms with van der Waals surface area (Å²) in [5, 5.41) is 5.15. The molecule has 4 aromatic rings. The van der Waals surface area contributed by atoms with Gasteiger partial charge in [0.15, 0.2) is 5.78 Å². The maximum atomic E-state index is 12.9. The summed E-state index contributed by atoms with van der Waals surface area (Å²) in [6, 6.07) is 13.3. The second kappa shape index (κ2) is 9.11. The quantitative estimate of drug-likeness (QED) is 0.422. The van der Waals surface area contributed by atoms with Gasteiger partial charge in [-0.3, -0.25) is 14.5 Å². The first-order chi connectivity index (χ1) is 16.0. The van der Waals surface area contributed by atoms with Crippen LogP contribution >= 0.6 is 0 Å². The van der Waals surface area contributed by atoms with Crippen LogP contribution in [0.1, 0.15) is 28.9 Å². The van der Waals surface area contributed by atoms with E-state index in [1.807, 2.05) is 55.7 Å². The molecule has 1 aliphatic rings. The number of Topliss-reactive ketones (excluding diaryl/α,β-unsaturated/α-hetero) is 1. The van der Waals surface area contributed by atoms with E-state index in [9.17, 15) is 4.79 Å². The van der Waals surface area contributed by atoms with Gasteiger partial charge in [0.25, 0.3) is 0 Å². The van der Waals surface area contributed by atoms with Gasteiger partial charge < -0.3 is 9.64 Å². The molecule has 1 fully saturated rings. The first-order valence-corrected chi connectivity index (χ1v) is 11.3. The number of aromatic nitrogens is 4. The summed E-state index contributed by atoms with van der Waals surface area (Å²) in [6.07, 6.45) is 8.02. The molecule has 7 nitrogen and oxygen atoms in total. The van der Waals surface area contributed by atoms with Crippen molar-refractivity contribution in [3.63, 3.8) is 0 Å². The number of aryl methyl sites for hydroxylation is 1. The lowest BCUT2D eigenvalue weighted by Crippen LogP contribution is -2.35. The van der Waals surface area contributed by atoms with Crippen molar-refractivity contribution in [3.8, 4) is 17.0 Å². The Balaban J connectivity index is 1.27. The molecular weight excluding hydrogens is 414 g/mol. The highest BCUT2D eigenvalue weighted by atomic mass is 16.5. The number of hydrogen-bond acceptors (Lipinski definition) is 6. The highest BCUT2D eigenvalue weighted by Crippen LogP contribution is 2.22. The number of rotatable bonds is 6. The maximum absolute atomic E-state index is 12.9. The van der Waals surface area contributed by atoms with Crippen molar-refractivity contribution >= 4 is 16.7 Å². The molecule has 0 amide bonds. The molecule has 0 aliphatic carbocycles. The molecule has 33 heavy (non-hydrogen) atoms. The first-order valence-electron chi connectivity index (χ1n) is 11.3. The summed E-state index contributed by atoms with van der Waals surface area (Å²) >= 11 is 0. The maximum Gasteiger partial charge on any atom is 0.168 e. The van der Waals surface area contributed by atoms with Crippen LogP contribution in [0.5, 0.6) is 5.75 Å². The van der Waals surface area contributed by atoms with Crippen molar-refractivity contribution in [2.45, 2.75) is 25.4 Å². The molecule has 0 bridgehead atoms. The third-order valence-electron chi connectivity index (χ3n) is 6.12. The number of carbonyl (C=O) groups is 1. The molecule has 1 aromatic carbocycles. The van der Waals surface area contributed by atoms with E-state index in [-0.39, 0.29) is 18.3 Å². The smallest absolute Gasteiger partial charge is 0.168 e. The van der Waals surface area contributed by atoms with Crippen molar-refractivity contribution in [1.29, 1.82) is 0 Å². The topological polar surface area (TPSA) is 73.1 Å². The minimum Gasteiger partial charge on any atom is -0.490 e. The fraction of sp³-hybridized carbons (Fsp3) is 0.308. The Labute approximate surface area is 193 Å². The molecule has 0 atom stereocenters. The number of nitrogens with zero attached hydrogens (tertiary/aromatic N) is 5. The van der Waals surface area contributed by atoms with Gasteiger partial charge in [-0.1, -0.05) is 0 Å². The summed E-state index contributed by atoms with van der Waals surface area (Å²) in [4.78, 5) is 24.4. The van der Waals surface area contributed by atoms with Crippen LogP contribution < -0.4 is 4.74 Å². The Hall–Kier alpha value is -3.58. The third-order valence-corrected chi connectivity index (χ3v) is 6.12. The van der Waals surface area contributed by atoms with E-state index in [1.54, 1.807) is 17.1 Å². The number of carbonyl (C=O) groups excluding carboxylic acids is 1. The zero-order valence-corrected chi connectivity index (χ0v) is 18.9. The molecule has 0 unspecified atom stereocenters. The lowest BCUT2D eigenvalue weighted by atomic mass is 10.0. The van der Waals surface area contributed by atoms with Crippen molar-refractivity contribution in [2.24, 2.45) is 7.05 Å². The van der Waals surface area contributed by atoms with Crippen molar-refractivity contribution < 1.29 is 9.53 Å². The van der Waals surface area contributed by atoms with Gasteiger partial charge >= 0.3 is 0 Å². The highest BCUT2D eigenvalue weighted by Gasteiger charge is 2.18. The summed E-state index contributed by atoms with van der Waals surface area (Å²) < 4.78 is 7.84. The highest BCUT2D eigenvalue weighted by molar-refractivity contribution is 5.97. The number of ketones is 1. The summed E-state index contributed by atoms with van der Waals surface area (Å²) in [5.41, 5.74) is 3.98. The van der Waals surface area contributed by atoms with E-state index in [0.717, 1.165) is 53.8 Å². The summed E-state index contributed by atoms with van der Waals surface area (Å²) in [6.45, 7) is 2.11. The average molecular weight is 442 g/mol. The average Bonchev–Trinajstić information content (AvgIpc) is 3.27. The van der Waals surface area contributed by atoms with E-state index in [4.69, 9.17) is 9.72 Å². The molecule has 1 aliphatic heterocycles. The molecule has 0 spiro atoms. The van der Waals surface area contributed by atoms with Gasteiger partial charge in [-0.15, -0.1) is 0 Å². The van der Waals surface area contributed by atoms with E-state index >= 15 is 0 Å². The van der Waals surface area contributed by atoms with Crippen LogP contribution in [0.15, 0.2) is 61.1 Å².